The van der Waals surface area contributed by atoms with Gasteiger partial charge in [-0.15, -0.1) is 10.2 Å². The lowest BCUT2D eigenvalue weighted by molar-refractivity contribution is 0.255. The Kier molecular flexibility index (Phi) is 9.41. The molecule has 154 valence electrons. The maximum atomic E-state index is 4.89. The van der Waals surface area contributed by atoms with Crippen LogP contribution in [0.5, 0.6) is 0 Å². The maximum absolute atomic E-state index is 4.89. The van der Waals surface area contributed by atoms with Crippen LogP contribution in [0.1, 0.15) is 38.3 Å². The molecule has 0 aliphatic carbocycles. The molecule has 1 aliphatic rings. The van der Waals surface area contributed by atoms with Crippen LogP contribution in [0, 0.1) is 12.8 Å². The molecule has 1 atom stereocenters. The van der Waals surface area contributed by atoms with Gasteiger partial charge in [-0.3, -0.25) is 0 Å². The number of likely N-dealkylation sites (tertiary alicyclic amines) is 1. The van der Waals surface area contributed by atoms with Gasteiger partial charge in [-0.05, 0) is 50.8 Å². The van der Waals surface area contributed by atoms with Gasteiger partial charge in [0.05, 0.1) is 0 Å². The summed E-state index contributed by atoms with van der Waals surface area (Å²) in [5, 5.41) is 12.0. The first kappa shape index (κ1) is 22.0. The summed E-state index contributed by atoms with van der Waals surface area (Å²) in [5.74, 6) is 4.76. The van der Waals surface area contributed by atoms with Crippen LogP contribution in [-0.2, 0) is 13.6 Å². The molecule has 0 bridgehead atoms. The molecule has 0 spiro atoms. The Labute approximate surface area is 169 Å². The number of hydrogen-bond donors (Lipinski definition) is 1. The zero-order chi connectivity index (χ0) is 19.6. The van der Waals surface area contributed by atoms with Crippen molar-refractivity contribution in [2.75, 3.05) is 51.3 Å². The Hall–Kier alpha value is -1.28. The third kappa shape index (κ3) is 6.68. The Bertz CT molecular complexity index is 583. The van der Waals surface area contributed by atoms with E-state index in [-0.39, 0.29) is 0 Å². The van der Waals surface area contributed by atoms with Crippen molar-refractivity contribution >= 4 is 17.7 Å². The minimum Gasteiger partial charge on any atom is -0.356 e. The standard InChI is InChI=1S/C19H37N7S/c1-6-25(7-2)14-17-9-11-26(15-17)19(20-10-8-12-27-5)21-13-18-23-22-16(3)24(18)4/h17H,6-15H2,1-5H3,(H,20,21). The summed E-state index contributed by atoms with van der Waals surface area (Å²) in [6.45, 7) is 13.6. The number of nitrogens with zero attached hydrogens (tertiary/aromatic N) is 6. The van der Waals surface area contributed by atoms with Gasteiger partial charge in [0.15, 0.2) is 11.8 Å². The third-order valence-corrected chi connectivity index (χ3v) is 6.05. The van der Waals surface area contributed by atoms with Crippen molar-refractivity contribution in [3.63, 3.8) is 0 Å². The zero-order valence-electron chi connectivity index (χ0n) is 17.7. The fraction of sp³-hybridized carbons (Fsp3) is 0.842. The number of guanidine groups is 1. The molecule has 1 N–H and O–H groups in total. The van der Waals surface area contributed by atoms with Crippen LogP contribution in [0.4, 0.5) is 0 Å². The lowest BCUT2D eigenvalue weighted by atomic mass is 10.1. The molecule has 2 rings (SSSR count). The van der Waals surface area contributed by atoms with Crippen molar-refractivity contribution in [1.82, 2.24) is 29.9 Å². The Morgan fingerprint density at radius 1 is 1.33 bits per heavy atom. The van der Waals surface area contributed by atoms with Crippen molar-refractivity contribution in [3.8, 4) is 0 Å². The predicted molar refractivity (Wildman–Crippen MR) is 115 cm³/mol. The summed E-state index contributed by atoms with van der Waals surface area (Å²) in [6, 6.07) is 0. The Morgan fingerprint density at radius 3 is 2.74 bits per heavy atom. The van der Waals surface area contributed by atoms with Crippen molar-refractivity contribution < 1.29 is 0 Å². The highest BCUT2D eigenvalue weighted by atomic mass is 32.2. The minimum absolute atomic E-state index is 0.569. The number of aliphatic imine (C=N–C) groups is 1. The molecule has 1 aromatic heterocycles. The fourth-order valence-electron chi connectivity index (χ4n) is 3.44. The SMILES string of the molecule is CCN(CC)CC1CCN(C(=NCc2nnc(C)n2C)NCCCSC)C1. The van der Waals surface area contributed by atoms with E-state index in [1.54, 1.807) is 0 Å². The van der Waals surface area contributed by atoms with Gasteiger partial charge in [0.25, 0.3) is 0 Å². The third-order valence-electron chi connectivity index (χ3n) is 5.36. The van der Waals surface area contributed by atoms with Crippen LogP contribution >= 0.6 is 11.8 Å². The normalized spacial score (nSPS) is 17.9. The molecule has 0 aromatic carbocycles. The minimum atomic E-state index is 0.569. The van der Waals surface area contributed by atoms with Gasteiger partial charge in [0.1, 0.15) is 12.4 Å². The number of rotatable bonds is 10. The summed E-state index contributed by atoms with van der Waals surface area (Å²) in [5.41, 5.74) is 0. The maximum Gasteiger partial charge on any atom is 0.194 e. The van der Waals surface area contributed by atoms with E-state index in [0.29, 0.717) is 6.54 Å². The van der Waals surface area contributed by atoms with Gasteiger partial charge in [-0.1, -0.05) is 13.8 Å². The van der Waals surface area contributed by atoms with Crippen molar-refractivity contribution in [1.29, 1.82) is 0 Å². The van der Waals surface area contributed by atoms with Gasteiger partial charge in [0.2, 0.25) is 0 Å². The first-order valence-electron chi connectivity index (χ1n) is 10.2. The van der Waals surface area contributed by atoms with Crippen LogP contribution in [0.25, 0.3) is 0 Å². The van der Waals surface area contributed by atoms with Gasteiger partial charge < -0.3 is 19.7 Å². The zero-order valence-corrected chi connectivity index (χ0v) is 18.6. The van der Waals surface area contributed by atoms with E-state index in [1.807, 2.05) is 30.3 Å². The Morgan fingerprint density at radius 2 is 2.11 bits per heavy atom. The van der Waals surface area contributed by atoms with Crippen molar-refractivity contribution in [2.24, 2.45) is 18.0 Å². The van der Waals surface area contributed by atoms with Crippen molar-refractivity contribution in [3.05, 3.63) is 11.6 Å². The van der Waals surface area contributed by atoms with Crippen molar-refractivity contribution in [2.45, 2.75) is 40.2 Å². The number of aryl methyl sites for hydroxylation is 1. The largest absolute Gasteiger partial charge is 0.356 e. The molecule has 0 saturated carbocycles. The molecular weight excluding hydrogens is 358 g/mol. The highest BCUT2D eigenvalue weighted by molar-refractivity contribution is 7.98. The van der Waals surface area contributed by atoms with E-state index in [9.17, 15) is 0 Å². The molecule has 27 heavy (non-hydrogen) atoms. The van der Waals surface area contributed by atoms with E-state index in [0.717, 1.165) is 62.7 Å². The van der Waals surface area contributed by atoms with Crippen LogP contribution in [0.15, 0.2) is 4.99 Å². The molecule has 8 heteroatoms. The lowest BCUT2D eigenvalue weighted by Crippen LogP contribution is -2.41. The molecular formula is C19H37N7S. The smallest absolute Gasteiger partial charge is 0.194 e. The van der Waals surface area contributed by atoms with Crippen LogP contribution in [-0.4, -0.2) is 81.8 Å². The van der Waals surface area contributed by atoms with E-state index >= 15 is 0 Å². The van der Waals surface area contributed by atoms with E-state index in [1.165, 1.54) is 18.7 Å². The summed E-state index contributed by atoms with van der Waals surface area (Å²) >= 11 is 1.89. The summed E-state index contributed by atoms with van der Waals surface area (Å²) in [4.78, 5) is 9.84. The number of thioether (sulfide) groups is 1. The van der Waals surface area contributed by atoms with Crippen LogP contribution in [0.2, 0.25) is 0 Å². The molecule has 0 radical (unpaired) electrons. The summed E-state index contributed by atoms with van der Waals surface area (Å²) in [6.07, 6.45) is 4.55. The number of nitrogens with one attached hydrogen (secondary N) is 1. The van der Waals surface area contributed by atoms with Gasteiger partial charge in [-0.25, -0.2) is 4.99 Å². The van der Waals surface area contributed by atoms with Crippen LogP contribution in [0.3, 0.4) is 0 Å². The topological polar surface area (TPSA) is 61.6 Å². The average molecular weight is 396 g/mol. The highest BCUT2D eigenvalue weighted by Gasteiger charge is 2.26. The molecule has 0 amide bonds. The first-order chi connectivity index (χ1) is 13.1. The lowest BCUT2D eigenvalue weighted by Gasteiger charge is -2.24. The number of aromatic nitrogens is 3. The fourth-order valence-corrected chi connectivity index (χ4v) is 3.87. The van der Waals surface area contributed by atoms with Crippen LogP contribution < -0.4 is 5.32 Å². The molecule has 1 aliphatic heterocycles. The van der Waals surface area contributed by atoms with Gasteiger partial charge in [-0.2, -0.15) is 11.8 Å². The highest BCUT2D eigenvalue weighted by Crippen LogP contribution is 2.18. The second kappa shape index (κ2) is 11.5. The average Bonchev–Trinajstić information content (AvgIpc) is 3.27. The molecule has 2 heterocycles. The molecule has 1 saturated heterocycles. The second-order valence-corrected chi connectivity index (χ2v) is 8.21. The molecule has 7 nitrogen and oxygen atoms in total. The molecule has 1 unspecified atom stereocenters. The van der Waals surface area contributed by atoms with Gasteiger partial charge >= 0.3 is 0 Å². The second-order valence-electron chi connectivity index (χ2n) is 7.22. The summed E-state index contributed by atoms with van der Waals surface area (Å²) < 4.78 is 2.02. The Balaban J connectivity index is 1.99. The monoisotopic (exact) mass is 395 g/mol. The number of hydrogen-bond acceptors (Lipinski definition) is 5. The van der Waals surface area contributed by atoms with E-state index < -0.39 is 0 Å². The predicted octanol–water partition coefficient (Wildman–Crippen LogP) is 1.99. The molecule has 1 fully saturated rings. The van der Waals surface area contributed by atoms with Gasteiger partial charge in [0, 0.05) is 33.2 Å². The summed E-state index contributed by atoms with van der Waals surface area (Å²) in [7, 11) is 2.00. The molecule has 1 aromatic rings. The first-order valence-corrected chi connectivity index (χ1v) is 11.6. The van der Waals surface area contributed by atoms with E-state index in [2.05, 4.69) is 45.4 Å². The quantitative estimate of drug-likeness (QED) is 0.371. The van der Waals surface area contributed by atoms with E-state index in [4.69, 9.17) is 4.99 Å².